The molecule has 31 heavy (non-hydrogen) atoms. The molecule has 3 aromatic rings. The number of hydrogen-bond donors (Lipinski definition) is 2. The van der Waals surface area contributed by atoms with E-state index in [9.17, 15) is 23.3 Å². The number of benzene rings is 3. The summed E-state index contributed by atoms with van der Waals surface area (Å²) in [5, 5.41) is 13.6. The first-order valence-corrected chi connectivity index (χ1v) is 10.9. The first-order chi connectivity index (χ1) is 14.6. The van der Waals surface area contributed by atoms with Gasteiger partial charge in [-0.3, -0.25) is 19.6 Å². The first-order valence-electron chi connectivity index (χ1n) is 9.03. The maximum atomic E-state index is 12.8. The number of halogens is 1. The first kappa shape index (κ1) is 22.3. The lowest BCUT2D eigenvalue weighted by molar-refractivity contribution is -0.385. The molecule has 2 N–H and O–H groups in total. The Hall–Kier alpha value is -3.43. The monoisotopic (exact) mass is 459 g/mol. The molecule has 0 unspecified atom stereocenters. The number of nitrogens with zero attached hydrogens (tertiary/aromatic N) is 1. The summed E-state index contributed by atoms with van der Waals surface area (Å²) in [6.45, 7) is 3.39. The summed E-state index contributed by atoms with van der Waals surface area (Å²) in [7, 11) is -4.06. The Bertz CT molecular complexity index is 1270. The normalized spacial score (nSPS) is 11.1. The van der Waals surface area contributed by atoms with Crippen molar-refractivity contribution in [2.45, 2.75) is 18.7 Å². The molecule has 0 aromatic heterocycles. The molecule has 0 radical (unpaired) electrons. The van der Waals surface area contributed by atoms with Crippen LogP contribution in [0.4, 0.5) is 17.1 Å². The highest BCUT2D eigenvalue weighted by Crippen LogP contribution is 2.28. The quantitative estimate of drug-likeness (QED) is 0.400. The molecule has 0 aliphatic heterocycles. The van der Waals surface area contributed by atoms with Crippen LogP contribution in [0, 0.1) is 24.0 Å². The van der Waals surface area contributed by atoms with Crippen LogP contribution in [0.1, 0.15) is 21.5 Å². The summed E-state index contributed by atoms with van der Waals surface area (Å²) < 4.78 is 28.1. The molecule has 3 rings (SSSR count). The molecule has 3 aromatic carbocycles. The Labute approximate surface area is 184 Å². The average molecular weight is 460 g/mol. The molecule has 0 aliphatic carbocycles. The van der Waals surface area contributed by atoms with Gasteiger partial charge in [-0.1, -0.05) is 35.4 Å². The maximum Gasteiger partial charge on any atom is 0.274 e. The van der Waals surface area contributed by atoms with Gasteiger partial charge in [0.15, 0.2) is 0 Å². The molecule has 1 amide bonds. The van der Waals surface area contributed by atoms with Gasteiger partial charge in [0.1, 0.15) is 4.90 Å². The molecule has 0 aliphatic rings. The van der Waals surface area contributed by atoms with Crippen molar-refractivity contribution in [2.75, 3.05) is 10.0 Å². The van der Waals surface area contributed by atoms with E-state index in [0.29, 0.717) is 5.69 Å². The van der Waals surface area contributed by atoms with Crippen molar-refractivity contribution in [1.82, 2.24) is 0 Å². The number of carbonyl (C=O) groups excluding carboxylic acids is 1. The molecule has 0 saturated heterocycles. The van der Waals surface area contributed by atoms with Crippen LogP contribution < -0.4 is 10.0 Å². The van der Waals surface area contributed by atoms with E-state index in [1.54, 1.807) is 24.3 Å². The van der Waals surface area contributed by atoms with Gasteiger partial charge in [-0.2, -0.15) is 0 Å². The Morgan fingerprint density at radius 2 is 1.71 bits per heavy atom. The predicted octanol–water partition coefficient (Wildman–Crippen LogP) is 4.92. The van der Waals surface area contributed by atoms with E-state index < -0.39 is 20.9 Å². The van der Waals surface area contributed by atoms with Gasteiger partial charge < -0.3 is 5.32 Å². The smallest absolute Gasteiger partial charge is 0.274 e. The molecular formula is C21H18ClN3O5S. The number of carbonyl (C=O) groups is 1. The Balaban J connectivity index is 1.90. The van der Waals surface area contributed by atoms with Crippen LogP contribution in [0.15, 0.2) is 65.6 Å². The van der Waals surface area contributed by atoms with Crippen LogP contribution in [-0.2, 0) is 10.0 Å². The number of nitrogens with one attached hydrogen (secondary N) is 2. The predicted molar refractivity (Wildman–Crippen MR) is 119 cm³/mol. The van der Waals surface area contributed by atoms with Gasteiger partial charge in [-0.25, -0.2) is 8.42 Å². The van der Waals surface area contributed by atoms with E-state index >= 15 is 0 Å². The van der Waals surface area contributed by atoms with Gasteiger partial charge >= 0.3 is 0 Å². The third kappa shape index (κ3) is 5.01. The van der Waals surface area contributed by atoms with E-state index in [4.69, 9.17) is 11.6 Å². The number of aryl methyl sites for hydroxylation is 1. The van der Waals surface area contributed by atoms with E-state index in [1.165, 1.54) is 37.3 Å². The molecule has 0 atom stereocenters. The van der Waals surface area contributed by atoms with Crippen molar-refractivity contribution < 1.29 is 18.1 Å². The molecule has 0 heterocycles. The number of hydrogen-bond acceptors (Lipinski definition) is 5. The second-order valence-electron chi connectivity index (χ2n) is 6.78. The van der Waals surface area contributed by atoms with E-state index in [2.05, 4.69) is 10.0 Å². The van der Waals surface area contributed by atoms with Gasteiger partial charge in [0.05, 0.1) is 21.2 Å². The Morgan fingerprint density at radius 3 is 2.35 bits per heavy atom. The zero-order chi connectivity index (χ0) is 22.8. The SMILES string of the molecule is Cc1ccc(NS(=O)(=O)c2cc(C(=O)Nc3cccc([N+](=O)[O-])c3C)ccc2Cl)cc1. The number of nitro benzene ring substituents is 1. The van der Waals surface area contributed by atoms with Gasteiger partial charge in [0, 0.05) is 17.3 Å². The highest BCUT2D eigenvalue weighted by Gasteiger charge is 2.21. The van der Waals surface area contributed by atoms with Crippen LogP contribution in [-0.4, -0.2) is 19.2 Å². The van der Waals surface area contributed by atoms with E-state index in [-0.39, 0.29) is 32.4 Å². The zero-order valence-electron chi connectivity index (χ0n) is 16.5. The van der Waals surface area contributed by atoms with Crippen LogP contribution >= 0.6 is 11.6 Å². The third-order valence-electron chi connectivity index (χ3n) is 4.54. The number of sulfonamides is 1. The fourth-order valence-corrected chi connectivity index (χ4v) is 4.42. The molecule has 160 valence electrons. The number of nitro groups is 1. The van der Waals surface area contributed by atoms with Gasteiger partial charge in [0.2, 0.25) is 0 Å². The molecule has 0 bridgehead atoms. The molecule has 8 nitrogen and oxygen atoms in total. The van der Waals surface area contributed by atoms with Crippen molar-refractivity contribution in [2.24, 2.45) is 0 Å². The Morgan fingerprint density at radius 1 is 1.03 bits per heavy atom. The number of amides is 1. The summed E-state index contributed by atoms with van der Waals surface area (Å²) in [4.78, 5) is 23.0. The Kier molecular flexibility index (Phi) is 6.28. The largest absolute Gasteiger partial charge is 0.321 e. The third-order valence-corrected chi connectivity index (χ3v) is 6.40. The average Bonchev–Trinajstić information content (AvgIpc) is 2.71. The summed E-state index contributed by atoms with van der Waals surface area (Å²) in [5.74, 6) is -0.632. The molecule has 10 heteroatoms. The topological polar surface area (TPSA) is 118 Å². The zero-order valence-corrected chi connectivity index (χ0v) is 18.1. The summed E-state index contributed by atoms with van der Waals surface area (Å²) in [6.07, 6.45) is 0. The minimum absolute atomic E-state index is 0.0274. The fraction of sp³-hybridized carbons (Fsp3) is 0.0952. The fourth-order valence-electron chi connectivity index (χ4n) is 2.83. The number of rotatable bonds is 6. The van der Waals surface area contributed by atoms with Gasteiger partial charge in [0.25, 0.3) is 21.6 Å². The second kappa shape index (κ2) is 8.75. The van der Waals surface area contributed by atoms with Crippen LogP contribution in [0.2, 0.25) is 5.02 Å². The van der Waals surface area contributed by atoms with Crippen molar-refractivity contribution >= 4 is 44.6 Å². The minimum atomic E-state index is -4.06. The highest BCUT2D eigenvalue weighted by molar-refractivity contribution is 7.92. The lowest BCUT2D eigenvalue weighted by Crippen LogP contribution is -2.17. The van der Waals surface area contributed by atoms with Crippen molar-refractivity contribution in [3.63, 3.8) is 0 Å². The highest BCUT2D eigenvalue weighted by atomic mass is 35.5. The second-order valence-corrected chi connectivity index (χ2v) is 8.84. The van der Waals surface area contributed by atoms with Gasteiger partial charge in [-0.15, -0.1) is 0 Å². The lowest BCUT2D eigenvalue weighted by atomic mass is 10.1. The van der Waals surface area contributed by atoms with Crippen molar-refractivity contribution in [1.29, 1.82) is 0 Å². The van der Waals surface area contributed by atoms with Gasteiger partial charge in [-0.05, 0) is 50.2 Å². The van der Waals surface area contributed by atoms with Crippen molar-refractivity contribution in [3.05, 3.63) is 92.5 Å². The van der Waals surface area contributed by atoms with Crippen LogP contribution in [0.3, 0.4) is 0 Å². The summed E-state index contributed by atoms with van der Waals surface area (Å²) in [6, 6.07) is 14.9. The van der Waals surface area contributed by atoms with E-state index in [0.717, 1.165) is 11.6 Å². The maximum absolute atomic E-state index is 12.8. The van der Waals surface area contributed by atoms with E-state index in [1.807, 2.05) is 6.92 Å². The van der Waals surface area contributed by atoms with Crippen LogP contribution in [0.25, 0.3) is 0 Å². The summed E-state index contributed by atoms with van der Waals surface area (Å²) in [5.41, 5.74) is 1.74. The standard InChI is InChI=1S/C21H18ClN3O5S/c1-13-6-9-16(10-7-13)24-31(29,30)20-12-15(8-11-17(20)22)21(26)23-18-4-3-5-19(14(18)2)25(27)28/h3-12,24H,1-2H3,(H,23,26). The lowest BCUT2D eigenvalue weighted by Gasteiger charge is -2.12. The molecule has 0 spiro atoms. The number of anilines is 2. The molecular weight excluding hydrogens is 442 g/mol. The minimum Gasteiger partial charge on any atom is -0.321 e. The molecule has 0 saturated carbocycles. The van der Waals surface area contributed by atoms with Crippen LogP contribution in [0.5, 0.6) is 0 Å². The molecule has 0 fully saturated rings. The summed E-state index contributed by atoms with van der Waals surface area (Å²) >= 11 is 6.09. The van der Waals surface area contributed by atoms with Crippen molar-refractivity contribution in [3.8, 4) is 0 Å².